The molecular formula is H3KO4PV. The minimum Gasteiger partial charge on any atom is -0.303 e. The largest absolute Gasteiger partial charge is 0.466 e. The van der Waals surface area contributed by atoms with Crippen molar-refractivity contribution in [3.8, 4) is 0 Å². The first kappa shape index (κ1) is 16.2. The Hall–Kier alpha value is 2.33. The zero-order valence-electron chi connectivity index (χ0n) is 3.64. The Morgan fingerprint density at radius 1 is 1.14 bits per heavy atom. The maximum Gasteiger partial charge on any atom is 0.466 e. The summed E-state index contributed by atoms with van der Waals surface area (Å²) >= 11 is 0. The molecule has 0 aliphatic rings. The predicted octanol–water partition coefficient (Wildman–Crippen LogP) is -1.31. The van der Waals surface area contributed by atoms with Crippen LogP contribution < -0.4 is 0 Å². The zero-order valence-corrected chi connectivity index (χ0v) is 9.06. The van der Waals surface area contributed by atoms with Gasteiger partial charge in [0.25, 0.3) is 0 Å². The van der Waals surface area contributed by atoms with E-state index in [9.17, 15) is 0 Å². The molecule has 0 fully saturated rings. The molecule has 7 heteroatoms. The van der Waals surface area contributed by atoms with Gasteiger partial charge in [0.1, 0.15) is 0 Å². The van der Waals surface area contributed by atoms with Gasteiger partial charge in [0.05, 0.1) is 0 Å². The first-order chi connectivity index (χ1) is 2.00. The SMILES string of the molecule is O=P(O)(O)O.[K].[V]. The van der Waals surface area contributed by atoms with Crippen molar-refractivity contribution in [2.75, 3.05) is 0 Å². The molecule has 3 N–H and O–H groups in total. The number of hydrogen-bond acceptors (Lipinski definition) is 1. The van der Waals surface area contributed by atoms with Gasteiger partial charge >= 0.3 is 7.82 Å². The van der Waals surface area contributed by atoms with Gasteiger partial charge in [0.15, 0.2) is 0 Å². The minimum absolute atomic E-state index is 0. The summed E-state index contributed by atoms with van der Waals surface area (Å²) in [6.45, 7) is 0. The Bertz CT molecular complexity index is 57.8. The van der Waals surface area contributed by atoms with Crippen molar-refractivity contribution < 1.29 is 37.8 Å². The summed E-state index contributed by atoms with van der Waals surface area (Å²) in [6.07, 6.45) is 0. The van der Waals surface area contributed by atoms with E-state index >= 15 is 0 Å². The Labute approximate surface area is 95.2 Å². The Balaban J connectivity index is -0.0000000800. The molecule has 0 heterocycles. The summed E-state index contributed by atoms with van der Waals surface area (Å²) in [6, 6.07) is 0. The summed E-state index contributed by atoms with van der Waals surface area (Å²) in [5, 5.41) is 0. The van der Waals surface area contributed by atoms with Gasteiger partial charge in [-0.15, -0.1) is 0 Å². The normalized spacial score (nSPS) is 8.43. The van der Waals surface area contributed by atoms with Crippen LogP contribution in [0.15, 0.2) is 0 Å². The van der Waals surface area contributed by atoms with Crippen LogP contribution in [0.1, 0.15) is 0 Å². The standard InChI is InChI=1S/K.H3O4P.V/c;1-5(2,3)4;/h;(H3,1,2,3,4);. The average molecular weight is 188 g/mol. The monoisotopic (exact) mass is 188 g/mol. The molecule has 0 aliphatic heterocycles. The molecule has 0 rings (SSSR count). The van der Waals surface area contributed by atoms with Gasteiger partial charge < -0.3 is 14.7 Å². The Morgan fingerprint density at radius 3 is 1.14 bits per heavy atom. The number of rotatable bonds is 0. The van der Waals surface area contributed by atoms with Crippen molar-refractivity contribution in [2.24, 2.45) is 0 Å². The molecule has 0 amide bonds. The van der Waals surface area contributed by atoms with E-state index < -0.39 is 7.82 Å². The first-order valence-corrected chi connectivity index (χ1v) is 2.35. The van der Waals surface area contributed by atoms with E-state index in [1.165, 1.54) is 0 Å². The van der Waals surface area contributed by atoms with E-state index in [4.69, 9.17) is 19.2 Å². The molecule has 0 atom stereocenters. The van der Waals surface area contributed by atoms with Crippen LogP contribution in [0, 0.1) is 0 Å². The van der Waals surface area contributed by atoms with Crippen molar-refractivity contribution in [2.45, 2.75) is 0 Å². The van der Waals surface area contributed by atoms with E-state index in [0.717, 1.165) is 0 Å². The third-order valence-corrected chi connectivity index (χ3v) is 0. The third-order valence-electron chi connectivity index (χ3n) is 0. The van der Waals surface area contributed by atoms with E-state index in [-0.39, 0.29) is 69.9 Å². The number of phosphoric acid groups is 1. The molecular weight excluding hydrogens is 185 g/mol. The van der Waals surface area contributed by atoms with Crippen molar-refractivity contribution in [1.29, 1.82) is 0 Å². The van der Waals surface area contributed by atoms with Crippen LogP contribution in [0.2, 0.25) is 0 Å². The van der Waals surface area contributed by atoms with Crippen LogP contribution in [0.5, 0.6) is 0 Å². The topological polar surface area (TPSA) is 77.8 Å². The van der Waals surface area contributed by atoms with Gasteiger partial charge in [0, 0.05) is 69.9 Å². The quantitative estimate of drug-likeness (QED) is 0.325. The summed E-state index contributed by atoms with van der Waals surface area (Å²) in [5.41, 5.74) is 0. The van der Waals surface area contributed by atoms with Gasteiger partial charge in [-0.2, -0.15) is 0 Å². The van der Waals surface area contributed by atoms with Gasteiger partial charge in [-0.25, -0.2) is 4.57 Å². The summed E-state index contributed by atoms with van der Waals surface area (Å²) in [4.78, 5) is 21.6. The van der Waals surface area contributed by atoms with Gasteiger partial charge in [-0.1, -0.05) is 0 Å². The Morgan fingerprint density at radius 2 is 1.14 bits per heavy atom. The molecule has 0 aromatic heterocycles. The van der Waals surface area contributed by atoms with Gasteiger partial charge in [-0.05, 0) is 0 Å². The molecule has 0 aliphatic carbocycles. The van der Waals surface area contributed by atoms with Crippen LogP contribution in [0.4, 0.5) is 0 Å². The smallest absolute Gasteiger partial charge is 0.303 e. The van der Waals surface area contributed by atoms with E-state index in [2.05, 4.69) is 0 Å². The minimum atomic E-state index is -4.64. The van der Waals surface area contributed by atoms with Crippen molar-refractivity contribution in [3.05, 3.63) is 0 Å². The molecule has 0 saturated carbocycles. The molecule has 4 nitrogen and oxygen atoms in total. The molecule has 0 aromatic rings. The first-order valence-electron chi connectivity index (χ1n) is 0.783. The molecule has 0 unspecified atom stereocenters. The summed E-state index contributed by atoms with van der Waals surface area (Å²) < 4.78 is 8.88. The maximum absolute atomic E-state index is 8.88. The van der Waals surface area contributed by atoms with Crippen LogP contribution in [0.3, 0.4) is 0 Å². The van der Waals surface area contributed by atoms with E-state index in [1.54, 1.807) is 0 Å². The van der Waals surface area contributed by atoms with Crippen molar-refractivity contribution in [1.82, 2.24) is 0 Å². The molecule has 7 heavy (non-hydrogen) atoms. The Kier molecular flexibility index (Phi) is 14.9. The van der Waals surface area contributed by atoms with Crippen LogP contribution in [0.25, 0.3) is 0 Å². The maximum atomic E-state index is 8.88. The summed E-state index contributed by atoms with van der Waals surface area (Å²) in [7, 11) is -4.64. The molecule has 0 saturated heterocycles. The fraction of sp³-hybridized carbons (Fsp3) is 0. The molecule has 0 spiro atoms. The second kappa shape index (κ2) is 6.45. The molecule has 38 valence electrons. The van der Waals surface area contributed by atoms with E-state index in [1.807, 2.05) is 0 Å². The molecule has 0 aromatic carbocycles. The zero-order chi connectivity index (χ0) is 4.50. The fourth-order valence-corrected chi connectivity index (χ4v) is 0. The van der Waals surface area contributed by atoms with Crippen molar-refractivity contribution >= 4 is 59.2 Å². The molecule has 2 radical (unpaired) electrons. The summed E-state index contributed by atoms with van der Waals surface area (Å²) in [5.74, 6) is 0. The fourth-order valence-electron chi connectivity index (χ4n) is 0. The van der Waals surface area contributed by atoms with Crippen LogP contribution in [-0.2, 0) is 23.1 Å². The van der Waals surface area contributed by atoms with Crippen LogP contribution in [-0.4, -0.2) is 66.1 Å². The second-order valence-electron chi connectivity index (χ2n) is 0.513. The van der Waals surface area contributed by atoms with Gasteiger partial charge in [-0.3, -0.25) is 0 Å². The van der Waals surface area contributed by atoms with Crippen LogP contribution >= 0.6 is 7.82 Å². The number of hydrogen-bond donors (Lipinski definition) is 3. The third kappa shape index (κ3) is 61.5. The van der Waals surface area contributed by atoms with Crippen molar-refractivity contribution in [3.63, 3.8) is 0 Å². The van der Waals surface area contributed by atoms with E-state index in [0.29, 0.717) is 0 Å². The van der Waals surface area contributed by atoms with Gasteiger partial charge in [0.2, 0.25) is 0 Å². The predicted molar refractivity (Wildman–Crippen MR) is 20.0 cm³/mol. The second-order valence-corrected chi connectivity index (χ2v) is 1.54. The molecule has 0 bridgehead atoms. The average Bonchev–Trinajstić information content (AvgIpc) is 0.722.